The van der Waals surface area contributed by atoms with Gasteiger partial charge in [-0.15, -0.1) is 0 Å². The lowest BCUT2D eigenvalue weighted by atomic mass is 10.5. The zero-order valence-corrected chi connectivity index (χ0v) is 5.15. The summed E-state index contributed by atoms with van der Waals surface area (Å²) in [5.74, 6) is 0. The summed E-state index contributed by atoms with van der Waals surface area (Å²) in [5, 5.41) is 3.91. The number of nitrogens with zero attached hydrogens (tertiary/aromatic N) is 1. The highest BCUT2D eigenvalue weighted by atomic mass is 15.3. The summed E-state index contributed by atoms with van der Waals surface area (Å²) in [7, 11) is 0. The second-order valence-corrected chi connectivity index (χ2v) is 1.57. The van der Waals surface area contributed by atoms with Crippen LogP contribution in [0.5, 0.6) is 0 Å². The van der Waals surface area contributed by atoms with Crippen molar-refractivity contribution in [3.63, 3.8) is 0 Å². The fraction of sp³-hybridized carbons (Fsp3) is 0.800. The van der Waals surface area contributed by atoms with Gasteiger partial charge in [0.25, 0.3) is 0 Å². The first-order valence-electron chi connectivity index (χ1n) is 2.51. The lowest BCUT2D eigenvalue weighted by molar-refractivity contribution is 0.781. The van der Waals surface area contributed by atoms with Gasteiger partial charge in [0.1, 0.15) is 0 Å². The molecule has 7 heavy (non-hydrogen) atoms. The van der Waals surface area contributed by atoms with Crippen molar-refractivity contribution in [2.75, 3.05) is 6.54 Å². The molecule has 0 aromatic carbocycles. The molecule has 0 aliphatic rings. The highest BCUT2D eigenvalue weighted by molar-refractivity contribution is 5.78. The minimum absolute atomic E-state index is 0.908. The number of rotatable bonds is 2. The first-order chi connectivity index (χ1) is 3.27. The van der Waals surface area contributed by atoms with Gasteiger partial charge >= 0.3 is 0 Å². The third kappa shape index (κ3) is 5.47. The zero-order chi connectivity index (χ0) is 5.70. The van der Waals surface area contributed by atoms with Gasteiger partial charge in [0.05, 0.1) is 0 Å². The van der Waals surface area contributed by atoms with E-state index in [0.29, 0.717) is 0 Å². The Hall–Kier alpha value is -0.530. The van der Waals surface area contributed by atoms with E-state index in [-0.39, 0.29) is 0 Å². The summed E-state index contributed by atoms with van der Waals surface area (Å²) in [5.41, 5.74) is 3.91. The number of hydrogen-bond acceptors (Lipinski definition) is 2. The van der Waals surface area contributed by atoms with Crippen LogP contribution in [0.1, 0.15) is 20.8 Å². The summed E-state index contributed by atoms with van der Waals surface area (Å²) in [6.45, 7) is 6.85. The van der Waals surface area contributed by atoms with Crippen LogP contribution < -0.4 is 5.43 Å². The Bertz CT molecular complexity index is 62.5. The molecule has 0 unspecified atom stereocenters. The second-order valence-electron chi connectivity index (χ2n) is 1.57. The average Bonchev–Trinajstić information content (AvgIpc) is 1.61. The Morgan fingerprint density at radius 3 is 2.29 bits per heavy atom. The van der Waals surface area contributed by atoms with E-state index in [9.17, 15) is 0 Å². The van der Waals surface area contributed by atoms with Crippen molar-refractivity contribution in [1.29, 1.82) is 0 Å². The summed E-state index contributed by atoms with van der Waals surface area (Å²) < 4.78 is 0. The van der Waals surface area contributed by atoms with E-state index in [0.717, 1.165) is 12.3 Å². The Labute approximate surface area is 44.6 Å². The highest BCUT2D eigenvalue weighted by Crippen LogP contribution is 1.66. The van der Waals surface area contributed by atoms with Crippen LogP contribution in [0, 0.1) is 0 Å². The first kappa shape index (κ1) is 6.47. The van der Waals surface area contributed by atoms with Crippen molar-refractivity contribution < 1.29 is 0 Å². The third-order valence-corrected chi connectivity index (χ3v) is 0.461. The van der Waals surface area contributed by atoms with E-state index in [4.69, 9.17) is 0 Å². The number of nitrogens with one attached hydrogen (secondary N) is 1. The van der Waals surface area contributed by atoms with Gasteiger partial charge in [-0.25, -0.2) is 0 Å². The monoisotopic (exact) mass is 100 g/mol. The van der Waals surface area contributed by atoms with Crippen molar-refractivity contribution in [2.45, 2.75) is 20.8 Å². The van der Waals surface area contributed by atoms with Gasteiger partial charge in [0.15, 0.2) is 0 Å². The number of hydrazone groups is 1. The van der Waals surface area contributed by atoms with E-state index in [2.05, 4.69) is 10.5 Å². The van der Waals surface area contributed by atoms with Gasteiger partial charge in [-0.05, 0) is 20.8 Å². The summed E-state index contributed by atoms with van der Waals surface area (Å²) in [4.78, 5) is 0. The fourth-order valence-corrected chi connectivity index (χ4v) is 0.237. The van der Waals surface area contributed by atoms with Crippen LogP contribution in [0.3, 0.4) is 0 Å². The minimum atomic E-state index is 0.908. The normalized spacial score (nSPS) is 7.86. The maximum absolute atomic E-state index is 3.91. The van der Waals surface area contributed by atoms with Crippen LogP contribution in [0.25, 0.3) is 0 Å². The quantitative estimate of drug-likeness (QED) is 0.406. The molecular weight excluding hydrogens is 88.1 g/mol. The maximum Gasteiger partial charge on any atom is 0.0316 e. The molecule has 0 aromatic rings. The second kappa shape index (κ2) is 3.65. The standard InChI is InChI=1S/C5H12N2/c1-4-6-7-5(2)3/h6H,4H2,1-3H3. The van der Waals surface area contributed by atoms with E-state index in [1.807, 2.05) is 20.8 Å². The molecule has 0 aliphatic heterocycles. The van der Waals surface area contributed by atoms with E-state index in [1.54, 1.807) is 0 Å². The Balaban J connectivity index is 3.08. The molecule has 0 bridgehead atoms. The minimum Gasteiger partial charge on any atom is -0.310 e. The molecule has 0 aliphatic carbocycles. The van der Waals surface area contributed by atoms with Gasteiger partial charge in [-0.3, -0.25) is 0 Å². The molecule has 0 saturated carbocycles. The molecule has 2 nitrogen and oxygen atoms in total. The molecule has 0 aromatic heterocycles. The van der Waals surface area contributed by atoms with Gasteiger partial charge in [-0.2, -0.15) is 5.10 Å². The van der Waals surface area contributed by atoms with Crippen molar-refractivity contribution in [3.8, 4) is 0 Å². The zero-order valence-electron chi connectivity index (χ0n) is 5.15. The van der Waals surface area contributed by atoms with Crippen molar-refractivity contribution in [2.24, 2.45) is 5.10 Å². The molecule has 0 radical (unpaired) electrons. The Kier molecular flexibility index (Phi) is 3.38. The molecular formula is C5H12N2. The van der Waals surface area contributed by atoms with Crippen LogP contribution in [-0.2, 0) is 0 Å². The molecule has 42 valence electrons. The van der Waals surface area contributed by atoms with Crippen LogP contribution in [0.4, 0.5) is 0 Å². The lowest BCUT2D eigenvalue weighted by Crippen LogP contribution is -2.04. The average molecular weight is 100 g/mol. The van der Waals surface area contributed by atoms with Crippen molar-refractivity contribution in [3.05, 3.63) is 0 Å². The van der Waals surface area contributed by atoms with Crippen molar-refractivity contribution >= 4 is 5.71 Å². The van der Waals surface area contributed by atoms with Crippen LogP contribution in [-0.4, -0.2) is 12.3 Å². The van der Waals surface area contributed by atoms with Gasteiger partial charge < -0.3 is 5.43 Å². The molecule has 2 heteroatoms. The van der Waals surface area contributed by atoms with Crippen molar-refractivity contribution in [1.82, 2.24) is 5.43 Å². The predicted octanol–water partition coefficient (Wildman–Crippen LogP) is 0.992. The third-order valence-electron chi connectivity index (χ3n) is 0.461. The first-order valence-corrected chi connectivity index (χ1v) is 2.51. The SMILES string of the molecule is CCNN=C(C)C. The number of hydrogen-bond donors (Lipinski definition) is 1. The molecule has 1 N–H and O–H groups in total. The van der Waals surface area contributed by atoms with E-state index < -0.39 is 0 Å². The Morgan fingerprint density at radius 2 is 2.14 bits per heavy atom. The molecule has 0 fully saturated rings. The highest BCUT2D eigenvalue weighted by Gasteiger charge is 1.70. The van der Waals surface area contributed by atoms with E-state index >= 15 is 0 Å². The molecule has 0 amide bonds. The largest absolute Gasteiger partial charge is 0.310 e. The fourth-order valence-electron chi connectivity index (χ4n) is 0.237. The Morgan fingerprint density at radius 1 is 1.57 bits per heavy atom. The van der Waals surface area contributed by atoms with Crippen LogP contribution >= 0.6 is 0 Å². The molecule has 0 saturated heterocycles. The van der Waals surface area contributed by atoms with Gasteiger partial charge in [-0.1, -0.05) is 0 Å². The topological polar surface area (TPSA) is 24.4 Å². The molecule has 0 spiro atoms. The molecule has 0 atom stereocenters. The summed E-state index contributed by atoms with van der Waals surface area (Å²) in [6, 6.07) is 0. The smallest absolute Gasteiger partial charge is 0.0316 e. The summed E-state index contributed by atoms with van der Waals surface area (Å²) in [6.07, 6.45) is 0. The maximum atomic E-state index is 3.91. The van der Waals surface area contributed by atoms with Crippen LogP contribution in [0.15, 0.2) is 5.10 Å². The van der Waals surface area contributed by atoms with Gasteiger partial charge in [0.2, 0.25) is 0 Å². The lowest BCUT2D eigenvalue weighted by Gasteiger charge is -1.90. The van der Waals surface area contributed by atoms with Gasteiger partial charge in [0, 0.05) is 12.3 Å². The molecule has 0 heterocycles. The summed E-state index contributed by atoms with van der Waals surface area (Å²) >= 11 is 0. The molecule has 0 rings (SSSR count). The predicted molar refractivity (Wildman–Crippen MR) is 32.5 cm³/mol. The van der Waals surface area contributed by atoms with E-state index in [1.165, 1.54) is 0 Å². The van der Waals surface area contributed by atoms with Crippen LogP contribution in [0.2, 0.25) is 0 Å².